The van der Waals surface area contributed by atoms with E-state index in [1.165, 1.54) is 6.42 Å². The van der Waals surface area contributed by atoms with Crippen LogP contribution in [-0.4, -0.2) is 22.9 Å². The van der Waals surface area contributed by atoms with Gasteiger partial charge in [0.25, 0.3) is 0 Å². The predicted molar refractivity (Wildman–Crippen MR) is 23.1 cm³/mol. The maximum Gasteiger partial charge on any atom is 0 e. The summed E-state index contributed by atoms with van der Waals surface area (Å²) in [5, 5.41) is 16.4. The molecule has 3 heteroatoms. The zero-order chi connectivity index (χ0) is 4.99. The zero-order valence-electron chi connectivity index (χ0n) is 4.20. The number of aliphatic hydroxyl groups excluding tert-OH is 2. The van der Waals surface area contributed by atoms with Gasteiger partial charge < -0.3 is 10.2 Å². The van der Waals surface area contributed by atoms with Gasteiger partial charge in [0.05, 0.1) is 0 Å². The van der Waals surface area contributed by atoms with E-state index < -0.39 is 6.10 Å². The van der Waals surface area contributed by atoms with Crippen molar-refractivity contribution in [3.05, 3.63) is 6.42 Å². The third kappa shape index (κ3) is 10.8. The molecule has 7 heavy (non-hydrogen) atoms. The van der Waals surface area contributed by atoms with E-state index in [-0.39, 0.29) is 29.0 Å². The SMILES string of the molecule is CC(O)[CH-]CO.[Ta]. The minimum Gasteiger partial charge on any atom is -0.428 e. The van der Waals surface area contributed by atoms with Crippen LogP contribution in [0.3, 0.4) is 0 Å². The summed E-state index contributed by atoms with van der Waals surface area (Å²) in [7, 11) is 0. The van der Waals surface area contributed by atoms with Crippen molar-refractivity contribution in [1.82, 2.24) is 0 Å². The van der Waals surface area contributed by atoms with E-state index in [2.05, 4.69) is 0 Å². The smallest absolute Gasteiger partial charge is 0 e. The molecule has 0 fully saturated rings. The van der Waals surface area contributed by atoms with Crippen molar-refractivity contribution >= 4 is 0 Å². The van der Waals surface area contributed by atoms with Crippen LogP contribution in [0.4, 0.5) is 0 Å². The molecule has 0 aliphatic carbocycles. The van der Waals surface area contributed by atoms with Crippen LogP contribution in [-0.2, 0) is 22.4 Å². The fourth-order valence-corrected chi connectivity index (χ4v) is 0.153. The Bertz CT molecular complexity index is 30.9. The largest absolute Gasteiger partial charge is 0.428 e. The Balaban J connectivity index is 0. The molecule has 0 rings (SSSR count). The first-order chi connectivity index (χ1) is 2.77. The first kappa shape index (κ1) is 10.6. The van der Waals surface area contributed by atoms with E-state index in [1.54, 1.807) is 6.92 Å². The van der Waals surface area contributed by atoms with Gasteiger partial charge in [0.2, 0.25) is 0 Å². The second-order valence-corrected chi connectivity index (χ2v) is 1.16. The molecule has 2 N–H and O–H groups in total. The summed E-state index contributed by atoms with van der Waals surface area (Å²) in [4.78, 5) is 0. The van der Waals surface area contributed by atoms with Gasteiger partial charge in [-0.1, -0.05) is 19.6 Å². The van der Waals surface area contributed by atoms with Crippen molar-refractivity contribution in [2.24, 2.45) is 0 Å². The van der Waals surface area contributed by atoms with Gasteiger partial charge >= 0.3 is 0 Å². The van der Waals surface area contributed by atoms with Gasteiger partial charge in [-0.15, -0.1) is 0 Å². The average Bonchev–Trinajstić information content (AvgIpc) is 1.35. The molecule has 0 amide bonds. The number of aliphatic hydroxyl groups is 2. The first-order valence-corrected chi connectivity index (χ1v) is 1.89. The van der Waals surface area contributed by atoms with Gasteiger partial charge in [-0.3, -0.25) is 6.42 Å². The maximum atomic E-state index is 8.34. The number of hydrogen-bond donors (Lipinski definition) is 2. The van der Waals surface area contributed by atoms with Crippen molar-refractivity contribution in [3.63, 3.8) is 0 Å². The molecule has 0 saturated carbocycles. The summed E-state index contributed by atoms with van der Waals surface area (Å²) in [6.07, 6.45) is 0.926. The van der Waals surface area contributed by atoms with E-state index in [0.29, 0.717) is 0 Å². The third-order valence-electron chi connectivity index (χ3n) is 0.447. The summed E-state index contributed by atoms with van der Waals surface area (Å²) in [5.41, 5.74) is 0. The van der Waals surface area contributed by atoms with Crippen LogP contribution >= 0.6 is 0 Å². The summed E-state index contributed by atoms with van der Waals surface area (Å²) in [6.45, 7) is 1.55. The molecule has 1 unspecified atom stereocenters. The van der Waals surface area contributed by atoms with Gasteiger partial charge in [0, 0.05) is 22.4 Å². The van der Waals surface area contributed by atoms with Crippen molar-refractivity contribution in [2.75, 3.05) is 6.61 Å². The van der Waals surface area contributed by atoms with Gasteiger partial charge in [0.15, 0.2) is 0 Å². The molecule has 0 spiro atoms. The molecule has 0 bridgehead atoms. The Morgan fingerprint density at radius 1 is 1.71 bits per heavy atom. The molecule has 0 saturated heterocycles. The number of hydrogen-bond acceptors (Lipinski definition) is 2. The minimum absolute atomic E-state index is 0. The fraction of sp³-hybridized carbons (Fsp3) is 0.750. The third-order valence-corrected chi connectivity index (χ3v) is 0.447. The Labute approximate surface area is 59.1 Å². The van der Waals surface area contributed by atoms with Crippen molar-refractivity contribution < 1.29 is 32.6 Å². The molecule has 0 aliphatic heterocycles. The Morgan fingerprint density at radius 3 is 2.14 bits per heavy atom. The summed E-state index contributed by atoms with van der Waals surface area (Å²) in [5.74, 6) is 0. The van der Waals surface area contributed by atoms with Crippen LogP contribution < -0.4 is 0 Å². The zero-order valence-corrected chi connectivity index (χ0v) is 7.42. The van der Waals surface area contributed by atoms with E-state index in [0.717, 1.165) is 0 Å². The molecule has 1 radical (unpaired) electrons. The molecule has 2 nitrogen and oxygen atoms in total. The van der Waals surface area contributed by atoms with E-state index >= 15 is 0 Å². The van der Waals surface area contributed by atoms with Gasteiger partial charge in [-0.2, -0.15) is 0 Å². The molecule has 43 valence electrons. The molecular formula is C4H9O2Ta-. The van der Waals surface area contributed by atoms with Crippen LogP contribution in [0.25, 0.3) is 0 Å². The van der Waals surface area contributed by atoms with Crippen LogP contribution in [0.1, 0.15) is 6.92 Å². The molecule has 1 atom stereocenters. The minimum atomic E-state index is -0.477. The van der Waals surface area contributed by atoms with Gasteiger partial charge in [0.1, 0.15) is 0 Å². The average molecular weight is 270 g/mol. The predicted octanol–water partition coefficient (Wildman–Crippen LogP) is -0.439. The first-order valence-electron chi connectivity index (χ1n) is 1.89. The Morgan fingerprint density at radius 2 is 2.14 bits per heavy atom. The molecule has 0 aromatic carbocycles. The molecule has 0 aliphatic rings. The monoisotopic (exact) mass is 270 g/mol. The van der Waals surface area contributed by atoms with Gasteiger partial charge in [-0.25, -0.2) is 0 Å². The molecule has 0 heterocycles. The van der Waals surface area contributed by atoms with Crippen LogP contribution in [0.2, 0.25) is 0 Å². The number of rotatable bonds is 2. The quantitative estimate of drug-likeness (QED) is 0.668. The molecular weight excluding hydrogens is 261 g/mol. The fourth-order valence-electron chi connectivity index (χ4n) is 0.153. The molecule has 0 aromatic rings. The Hall–Kier alpha value is 0.660. The van der Waals surface area contributed by atoms with Crippen LogP contribution in [0, 0.1) is 6.42 Å². The maximum absolute atomic E-state index is 8.34. The topological polar surface area (TPSA) is 40.5 Å². The summed E-state index contributed by atoms with van der Waals surface area (Å²) >= 11 is 0. The van der Waals surface area contributed by atoms with Crippen LogP contribution in [0.5, 0.6) is 0 Å². The summed E-state index contributed by atoms with van der Waals surface area (Å²) < 4.78 is 0. The molecule has 0 aromatic heterocycles. The van der Waals surface area contributed by atoms with Crippen molar-refractivity contribution in [2.45, 2.75) is 13.0 Å². The second kappa shape index (κ2) is 6.66. The van der Waals surface area contributed by atoms with Crippen molar-refractivity contribution in [1.29, 1.82) is 0 Å². The van der Waals surface area contributed by atoms with Gasteiger partial charge in [-0.05, 0) is 0 Å². The normalized spacial score (nSPS) is 12.4. The second-order valence-electron chi connectivity index (χ2n) is 1.16. The van der Waals surface area contributed by atoms with E-state index in [9.17, 15) is 0 Å². The Kier molecular flexibility index (Phi) is 10.1. The van der Waals surface area contributed by atoms with Crippen LogP contribution in [0.15, 0.2) is 0 Å². The van der Waals surface area contributed by atoms with E-state index in [1.807, 2.05) is 0 Å². The summed E-state index contributed by atoms with van der Waals surface area (Å²) in [6, 6.07) is 0. The standard InChI is InChI=1S/C4H9O2.Ta/c1-4(6)2-3-5;/h2,4-6H,3H2,1H3;/q-1;. The van der Waals surface area contributed by atoms with Crippen molar-refractivity contribution in [3.8, 4) is 0 Å². The van der Waals surface area contributed by atoms with E-state index in [4.69, 9.17) is 10.2 Å².